The lowest BCUT2D eigenvalue weighted by atomic mass is 9.88. The third-order valence-electron chi connectivity index (χ3n) is 6.75. The lowest BCUT2D eigenvalue weighted by Crippen LogP contribution is -2.42. The van der Waals surface area contributed by atoms with Crippen molar-refractivity contribution in [1.29, 1.82) is 0 Å². The van der Waals surface area contributed by atoms with E-state index in [0.717, 1.165) is 61.7 Å². The van der Waals surface area contributed by atoms with E-state index in [1.807, 2.05) is 36.4 Å². The summed E-state index contributed by atoms with van der Waals surface area (Å²) in [5.74, 6) is 2.41. The maximum absolute atomic E-state index is 13.8. The molecule has 2 aliphatic heterocycles. The minimum absolute atomic E-state index is 0.192. The van der Waals surface area contributed by atoms with Crippen molar-refractivity contribution < 1.29 is 4.79 Å². The minimum Gasteiger partial charge on any atom is -0.341 e. The van der Waals surface area contributed by atoms with Gasteiger partial charge in [0, 0.05) is 32.0 Å². The summed E-state index contributed by atoms with van der Waals surface area (Å²) in [4.78, 5) is 15.9. The van der Waals surface area contributed by atoms with Gasteiger partial charge in [0.15, 0.2) is 0 Å². The predicted octanol–water partition coefficient (Wildman–Crippen LogP) is 4.54. The summed E-state index contributed by atoms with van der Waals surface area (Å²) in [5, 5.41) is 9.09. The number of fused-ring (bicyclic) bond motifs is 1. The molecule has 0 radical (unpaired) electrons. The van der Waals surface area contributed by atoms with Gasteiger partial charge in [0.2, 0.25) is 5.91 Å². The van der Waals surface area contributed by atoms with Gasteiger partial charge in [-0.1, -0.05) is 67.1 Å². The van der Waals surface area contributed by atoms with Crippen molar-refractivity contribution in [2.45, 2.75) is 56.9 Å². The van der Waals surface area contributed by atoms with Gasteiger partial charge in [-0.3, -0.25) is 4.79 Å². The van der Waals surface area contributed by atoms with E-state index in [2.05, 4.69) is 43.9 Å². The van der Waals surface area contributed by atoms with E-state index < -0.39 is 0 Å². The van der Waals surface area contributed by atoms with Crippen LogP contribution in [0.15, 0.2) is 60.7 Å². The van der Waals surface area contributed by atoms with Crippen LogP contribution in [0, 0.1) is 0 Å². The van der Waals surface area contributed by atoms with Gasteiger partial charge in [0.1, 0.15) is 11.6 Å². The van der Waals surface area contributed by atoms with Crippen molar-refractivity contribution in [2.24, 2.45) is 0 Å². The Balaban J connectivity index is 1.41. The van der Waals surface area contributed by atoms with E-state index in [-0.39, 0.29) is 17.7 Å². The molecule has 31 heavy (non-hydrogen) atoms. The SMILES string of the molecule is O=C(C(c1ccccc1)c1ccccc1)N1CCC[C@@H](c2nnc3n2CCCCC3)C1. The average Bonchev–Trinajstić information content (AvgIpc) is 3.09. The van der Waals surface area contributed by atoms with Gasteiger partial charge < -0.3 is 9.47 Å². The predicted molar refractivity (Wildman–Crippen MR) is 121 cm³/mol. The Morgan fingerprint density at radius 2 is 1.55 bits per heavy atom. The van der Waals surface area contributed by atoms with Crippen molar-refractivity contribution in [3.63, 3.8) is 0 Å². The second-order valence-corrected chi connectivity index (χ2v) is 8.81. The third-order valence-corrected chi connectivity index (χ3v) is 6.75. The van der Waals surface area contributed by atoms with Crippen molar-refractivity contribution in [2.75, 3.05) is 13.1 Å². The quantitative estimate of drug-likeness (QED) is 0.630. The molecule has 0 N–H and O–H groups in total. The molecule has 160 valence electrons. The standard InChI is InChI=1S/C26H30N4O/c31-26(24(20-11-4-1-5-12-20)21-13-6-2-7-14-21)29-17-10-15-22(19-29)25-28-27-23-16-8-3-9-18-30(23)25/h1-2,4-7,11-14,22,24H,3,8-10,15-19H2/t22-/m1/s1. The first kappa shape index (κ1) is 20.0. The second-order valence-electron chi connectivity index (χ2n) is 8.81. The molecule has 1 aromatic heterocycles. The Morgan fingerprint density at radius 3 is 2.26 bits per heavy atom. The van der Waals surface area contributed by atoms with E-state index in [4.69, 9.17) is 0 Å². The molecule has 5 rings (SSSR count). The van der Waals surface area contributed by atoms with Crippen LogP contribution >= 0.6 is 0 Å². The number of amides is 1. The molecule has 0 spiro atoms. The summed E-state index contributed by atoms with van der Waals surface area (Å²) >= 11 is 0. The van der Waals surface area contributed by atoms with Crippen LogP contribution in [0.4, 0.5) is 0 Å². The number of hydrogen-bond donors (Lipinski definition) is 0. The summed E-state index contributed by atoms with van der Waals surface area (Å²) in [6.45, 7) is 2.55. The molecule has 1 amide bonds. The van der Waals surface area contributed by atoms with Crippen LogP contribution in [0.25, 0.3) is 0 Å². The largest absolute Gasteiger partial charge is 0.341 e. The number of likely N-dealkylation sites (tertiary alicyclic amines) is 1. The molecule has 0 bridgehead atoms. The van der Waals surface area contributed by atoms with Crippen molar-refractivity contribution in [3.8, 4) is 0 Å². The fourth-order valence-corrected chi connectivity index (χ4v) is 5.15. The summed E-state index contributed by atoms with van der Waals surface area (Å²) in [5.41, 5.74) is 2.11. The molecule has 0 aliphatic carbocycles. The molecule has 3 heterocycles. The van der Waals surface area contributed by atoms with E-state index in [9.17, 15) is 4.79 Å². The molecule has 0 saturated carbocycles. The summed E-state index contributed by atoms with van der Waals surface area (Å²) in [7, 11) is 0. The van der Waals surface area contributed by atoms with E-state index in [0.29, 0.717) is 0 Å². The smallest absolute Gasteiger partial charge is 0.234 e. The Hall–Kier alpha value is -2.95. The molecule has 0 unspecified atom stereocenters. The molecular weight excluding hydrogens is 384 g/mol. The number of carbonyl (C=O) groups excluding carboxylic acids is 1. The molecule has 5 heteroatoms. The zero-order valence-electron chi connectivity index (χ0n) is 18.0. The molecule has 5 nitrogen and oxygen atoms in total. The number of nitrogens with zero attached hydrogens (tertiary/aromatic N) is 4. The average molecular weight is 415 g/mol. The molecule has 1 fully saturated rings. The van der Waals surface area contributed by atoms with Crippen molar-refractivity contribution in [1.82, 2.24) is 19.7 Å². The normalized spacial score (nSPS) is 19.1. The van der Waals surface area contributed by atoms with Crippen molar-refractivity contribution >= 4 is 5.91 Å². The van der Waals surface area contributed by atoms with Gasteiger partial charge in [-0.15, -0.1) is 10.2 Å². The number of benzene rings is 2. The Labute approximate surface area is 184 Å². The highest BCUT2D eigenvalue weighted by Crippen LogP contribution is 2.32. The Kier molecular flexibility index (Phi) is 5.83. The van der Waals surface area contributed by atoms with Gasteiger partial charge in [-0.2, -0.15) is 0 Å². The number of aromatic nitrogens is 3. The van der Waals surface area contributed by atoms with E-state index >= 15 is 0 Å². The maximum atomic E-state index is 13.8. The van der Waals surface area contributed by atoms with Crippen LogP contribution in [0.3, 0.4) is 0 Å². The van der Waals surface area contributed by atoms with Crippen LogP contribution in [-0.4, -0.2) is 38.7 Å². The lowest BCUT2D eigenvalue weighted by Gasteiger charge is -2.35. The van der Waals surface area contributed by atoms with Crippen LogP contribution in [0.5, 0.6) is 0 Å². The minimum atomic E-state index is -0.267. The highest BCUT2D eigenvalue weighted by molar-refractivity contribution is 5.87. The molecule has 1 atom stereocenters. The maximum Gasteiger partial charge on any atom is 0.234 e. The molecule has 3 aromatic rings. The first-order valence-corrected chi connectivity index (χ1v) is 11.6. The van der Waals surface area contributed by atoms with Gasteiger partial charge in [0.25, 0.3) is 0 Å². The lowest BCUT2D eigenvalue weighted by molar-refractivity contribution is -0.133. The number of aryl methyl sites for hydroxylation is 1. The molecular formula is C26H30N4O. The van der Waals surface area contributed by atoms with Crippen molar-refractivity contribution in [3.05, 3.63) is 83.4 Å². The Bertz CT molecular complexity index is 975. The summed E-state index contributed by atoms with van der Waals surface area (Å²) in [6.07, 6.45) is 6.75. The fourth-order valence-electron chi connectivity index (χ4n) is 5.15. The zero-order valence-corrected chi connectivity index (χ0v) is 18.0. The highest BCUT2D eigenvalue weighted by atomic mass is 16.2. The molecule has 2 aliphatic rings. The first-order chi connectivity index (χ1) is 15.3. The van der Waals surface area contributed by atoms with Crippen LogP contribution < -0.4 is 0 Å². The number of rotatable bonds is 4. The van der Waals surface area contributed by atoms with Gasteiger partial charge in [-0.05, 0) is 36.8 Å². The molecule has 1 saturated heterocycles. The van der Waals surface area contributed by atoms with Crippen LogP contribution in [0.1, 0.15) is 66.7 Å². The third kappa shape index (κ3) is 4.14. The van der Waals surface area contributed by atoms with Crippen LogP contribution in [-0.2, 0) is 17.8 Å². The molecule has 2 aromatic carbocycles. The zero-order chi connectivity index (χ0) is 21.0. The first-order valence-electron chi connectivity index (χ1n) is 11.6. The van der Waals surface area contributed by atoms with Gasteiger partial charge in [-0.25, -0.2) is 0 Å². The second kappa shape index (κ2) is 9.04. The highest BCUT2D eigenvalue weighted by Gasteiger charge is 2.33. The van der Waals surface area contributed by atoms with E-state index in [1.165, 1.54) is 19.3 Å². The number of hydrogen-bond acceptors (Lipinski definition) is 3. The van der Waals surface area contributed by atoms with E-state index in [1.54, 1.807) is 0 Å². The van der Waals surface area contributed by atoms with Gasteiger partial charge >= 0.3 is 0 Å². The monoisotopic (exact) mass is 414 g/mol. The van der Waals surface area contributed by atoms with Gasteiger partial charge in [0.05, 0.1) is 5.92 Å². The topological polar surface area (TPSA) is 51.0 Å². The fraction of sp³-hybridized carbons (Fsp3) is 0.423. The summed E-state index contributed by atoms with van der Waals surface area (Å²) < 4.78 is 2.34. The van der Waals surface area contributed by atoms with Crippen LogP contribution in [0.2, 0.25) is 0 Å². The Morgan fingerprint density at radius 1 is 0.839 bits per heavy atom. The summed E-state index contributed by atoms with van der Waals surface area (Å²) in [6, 6.07) is 20.3. The number of carbonyl (C=O) groups is 1. The number of piperidine rings is 1.